The third-order valence-electron chi connectivity index (χ3n) is 3.50. The van der Waals surface area contributed by atoms with Crippen LogP contribution in [0.2, 0.25) is 0 Å². The second-order valence-corrected chi connectivity index (χ2v) is 4.40. The van der Waals surface area contributed by atoms with E-state index in [1.165, 1.54) is 0 Å². The van der Waals surface area contributed by atoms with E-state index in [0.717, 1.165) is 11.1 Å². The highest BCUT2D eigenvalue weighted by atomic mass is 14.6. The summed E-state index contributed by atoms with van der Waals surface area (Å²) in [6.45, 7) is 0. The molecule has 0 bridgehead atoms. The molecule has 1 fully saturated rings. The van der Waals surface area contributed by atoms with Crippen LogP contribution in [0, 0.1) is 17.2 Å². The molecular weight excluding hydrogens is 206 g/mol. The minimum absolute atomic E-state index is 0.454. The molecule has 0 aliphatic heterocycles. The Kier molecular flexibility index (Phi) is 1.99. The first-order chi connectivity index (χ1) is 8.73. The number of benzene rings is 2. The number of nitriles is 1. The smallest absolute Gasteiger partial charge is 0.0669 e. The summed E-state index contributed by atoms with van der Waals surface area (Å²) in [4.78, 5) is 0. The Morgan fingerprint density at radius 1 is 1.00 bits per heavy atom. The predicted molar refractivity (Wildman–Crippen MR) is 67.4 cm³/mol. The van der Waals surface area contributed by atoms with E-state index in [9.17, 15) is 5.26 Å². The van der Waals surface area contributed by atoms with Gasteiger partial charge in [0, 0.05) is 6.79 Å². The Morgan fingerprint density at radius 3 is 1.82 bits per heavy atom. The zero-order valence-corrected chi connectivity index (χ0v) is 9.43. The maximum absolute atomic E-state index is 9.29. The van der Waals surface area contributed by atoms with Gasteiger partial charge in [0.15, 0.2) is 0 Å². The van der Waals surface area contributed by atoms with Crippen molar-refractivity contribution in [1.29, 1.82) is 5.26 Å². The SMILES string of the molecule is [2H][C@@]1(C#N)CC1(c1ccccc1)c1ccccc1. The van der Waals surface area contributed by atoms with Crippen molar-refractivity contribution in [3.63, 3.8) is 0 Å². The van der Waals surface area contributed by atoms with Crippen molar-refractivity contribution in [3.05, 3.63) is 71.8 Å². The van der Waals surface area contributed by atoms with E-state index >= 15 is 0 Å². The third-order valence-corrected chi connectivity index (χ3v) is 3.50. The Bertz CT molecular complexity index is 560. The molecule has 82 valence electrons. The lowest BCUT2D eigenvalue weighted by atomic mass is 9.86. The van der Waals surface area contributed by atoms with Crippen molar-refractivity contribution >= 4 is 0 Å². The fourth-order valence-electron chi connectivity index (χ4n) is 2.52. The van der Waals surface area contributed by atoms with Crippen LogP contribution in [-0.4, -0.2) is 0 Å². The van der Waals surface area contributed by atoms with E-state index in [1.807, 2.05) is 60.7 Å². The Balaban J connectivity index is 2.18. The highest BCUT2D eigenvalue weighted by Gasteiger charge is 2.56. The van der Waals surface area contributed by atoms with Gasteiger partial charge in [-0.25, -0.2) is 0 Å². The van der Waals surface area contributed by atoms with Gasteiger partial charge in [-0.3, -0.25) is 0 Å². The lowest BCUT2D eigenvalue weighted by Crippen LogP contribution is -2.11. The average Bonchev–Trinajstić information content (AvgIpc) is 3.09. The summed E-state index contributed by atoms with van der Waals surface area (Å²) in [6, 6.07) is 22.0. The van der Waals surface area contributed by atoms with Crippen LogP contribution in [-0.2, 0) is 5.41 Å². The van der Waals surface area contributed by atoms with E-state index in [1.54, 1.807) is 0 Å². The lowest BCUT2D eigenvalue weighted by molar-refractivity contribution is 0.796. The van der Waals surface area contributed by atoms with Crippen molar-refractivity contribution in [3.8, 4) is 6.07 Å². The molecule has 0 amide bonds. The molecule has 2 aromatic rings. The van der Waals surface area contributed by atoms with Crippen molar-refractivity contribution in [2.75, 3.05) is 0 Å². The van der Waals surface area contributed by atoms with Gasteiger partial charge in [-0.05, 0) is 17.5 Å². The maximum Gasteiger partial charge on any atom is 0.0669 e. The van der Waals surface area contributed by atoms with Crippen LogP contribution in [0.25, 0.3) is 0 Å². The van der Waals surface area contributed by atoms with Crippen LogP contribution in [0.15, 0.2) is 60.7 Å². The summed E-state index contributed by atoms with van der Waals surface area (Å²) in [7, 11) is 0. The summed E-state index contributed by atoms with van der Waals surface area (Å²) in [5.74, 6) is -1.03. The minimum atomic E-state index is -1.03. The lowest BCUT2D eigenvalue weighted by Gasteiger charge is -2.16. The molecular formula is C16H13N. The van der Waals surface area contributed by atoms with Crippen LogP contribution >= 0.6 is 0 Å². The quantitative estimate of drug-likeness (QED) is 0.759. The second kappa shape index (κ2) is 3.75. The van der Waals surface area contributed by atoms with Crippen molar-refractivity contribution in [2.24, 2.45) is 5.89 Å². The normalized spacial score (nSPS) is 25.7. The molecule has 0 N–H and O–H groups in total. The van der Waals surface area contributed by atoms with Crippen molar-refractivity contribution in [2.45, 2.75) is 11.8 Å². The number of hydrogen-bond donors (Lipinski definition) is 0. The van der Waals surface area contributed by atoms with E-state index in [-0.39, 0.29) is 0 Å². The van der Waals surface area contributed by atoms with Gasteiger partial charge in [0.1, 0.15) is 0 Å². The summed E-state index contributed by atoms with van der Waals surface area (Å²) >= 11 is 0. The van der Waals surface area contributed by atoms with Gasteiger partial charge in [0.25, 0.3) is 0 Å². The van der Waals surface area contributed by atoms with E-state index in [4.69, 9.17) is 1.37 Å². The van der Waals surface area contributed by atoms with Crippen molar-refractivity contribution < 1.29 is 1.37 Å². The third kappa shape index (κ3) is 1.45. The van der Waals surface area contributed by atoms with E-state index in [2.05, 4.69) is 6.07 Å². The number of nitrogens with zero attached hydrogens (tertiary/aromatic N) is 1. The van der Waals surface area contributed by atoms with Gasteiger partial charge in [-0.2, -0.15) is 5.26 Å². The number of rotatable bonds is 2. The van der Waals surface area contributed by atoms with Crippen LogP contribution in [0.4, 0.5) is 0 Å². The first-order valence-corrected chi connectivity index (χ1v) is 5.75. The molecule has 1 heteroatoms. The second-order valence-electron chi connectivity index (χ2n) is 4.40. The molecule has 1 nitrogen and oxygen atoms in total. The average molecular weight is 220 g/mol. The van der Waals surface area contributed by atoms with Gasteiger partial charge in [0.2, 0.25) is 0 Å². The van der Waals surface area contributed by atoms with Gasteiger partial charge in [0.05, 0.1) is 12.0 Å². The molecule has 1 saturated carbocycles. The fraction of sp³-hybridized carbons (Fsp3) is 0.188. The van der Waals surface area contributed by atoms with E-state index in [0.29, 0.717) is 6.42 Å². The molecule has 3 rings (SSSR count). The molecule has 1 aliphatic carbocycles. The summed E-state index contributed by atoms with van der Waals surface area (Å²) in [5.41, 5.74) is 1.67. The van der Waals surface area contributed by atoms with Crippen LogP contribution in [0.3, 0.4) is 0 Å². The first-order valence-electron chi connectivity index (χ1n) is 6.25. The molecule has 0 saturated heterocycles. The monoisotopic (exact) mass is 220 g/mol. The zero-order chi connectivity index (χ0) is 12.6. The Hall–Kier alpha value is -2.07. The summed E-state index contributed by atoms with van der Waals surface area (Å²) < 4.78 is 8.31. The molecule has 0 radical (unpaired) electrons. The minimum Gasteiger partial charge on any atom is -0.198 e. The Morgan fingerprint density at radius 2 is 1.47 bits per heavy atom. The Labute approximate surface area is 103 Å². The van der Waals surface area contributed by atoms with Crippen LogP contribution in [0.5, 0.6) is 0 Å². The predicted octanol–water partition coefficient (Wildman–Crippen LogP) is 3.52. The highest BCUT2D eigenvalue weighted by Crippen LogP contribution is 2.58. The van der Waals surface area contributed by atoms with Gasteiger partial charge in [-0.1, -0.05) is 60.7 Å². The molecule has 0 heterocycles. The topological polar surface area (TPSA) is 23.8 Å². The van der Waals surface area contributed by atoms with Crippen LogP contribution in [0.1, 0.15) is 18.9 Å². The van der Waals surface area contributed by atoms with E-state index < -0.39 is 11.3 Å². The molecule has 1 atom stereocenters. The van der Waals surface area contributed by atoms with Gasteiger partial charge < -0.3 is 0 Å². The fourth-order valence-corrected chi connectivity index (χ4v) is 2.52. The molecule has 1 aliphatic rings. The number of hydrogen-bond acceptors (Lipinski definition) is 1. The highest BCUT2D eigenvalue weighted by molar-refractivity contribution is 5.49. The van der Waals surface area contributed by atoms with Crippen molar-refractivity contribution in [1.82, 2.24) is 0 Å². The standard InChI is InChI=1S/C16H13N/c17-12-15-11-16(15,13-7-3-1-4-8-13)14-9-5-2-6-10-14/h1-10,15H,11H2/t15-/m0/s1/i15D. The summed E-state index contributed by atoms with van der Waals surface area (Å²) in [5, 5.41) is 9.29. The molecule has 17 heavy (non-hydrogen) atoms. The van der Waals surface area contributed by atoms with Crippen LogP contribution < -0.4 is 0 Å². The van der Waals surface area contributed by atoms with Gasteiger partial charge >= 0.3 is 0 Å². The zero-order valence-electron chi connectivity index (χ0n) is 10.4. The maximum atomic E-state index is 9.29. The first kappa shape index (κ1) is 9.01. The van der Waals surface area contributed by atoms with Gasteiger partial charge in [-0.15, -0.1) is 0 Å². The summed E-state index contributed by atoms with van der Waals surface area (Å²) in [6.07, 6.45) is 0.574. The molecule has 0 aromatic heterocycles. The molecule has 0 unspecified atom stereocenters. The molecule has 0 spiro atoms. The molecule has 2 aromatic carbocycles. The largest absolute Gasteiger partial charge is 0.198 e.